The smallest absolute Gasteiger partial charge is 0.336 e. The number of benzene rings is 3. The van der Waals surface area contributed by atoms with Crippen molar-refractivity contribution < 1.29 is 19.1 Å². The molecular weight excluding hydrogens is 476 g/mol. The van der Waals surface area contributed by atoms with E-state index in [4.69, 9.17) is 9.47 Å². The first-order chi connectivity index (χ1) is 17.9. The Morgan fingerprint density at radius 1 is 0.892 bits per heavy atom. The molecule has 0 saturated heterocycles. The third-order valence-electron chi connectivity index (χ3n) is 5.87. The van der Waals surface area contributed by atoms with E-state index in [0.717, 1.165) is 10.1 Å². The van der Waals surface area contributed by atoms with Crippen LogP contribution in [0.15, 0.2) is 76.3 Å². The number of nitrogens with one attached hydrogen (secondary N) is 2. The Labute approximate surface area is 212 Å². The fourth-order valence-electron chi connectivity index (χ4n) is 3.98. The van der Waals surface area contributed by atoms with Gasteiger partial charge in [0.15, 0.2) is 0 Å². The van der Waals surface area contributed by atoms with Gasteiger partial charge < -0.3 is 20.1 Å². The molecule has 4 rings (SSSR count). The first-order valence-corrected chi connectivity index (χ1v) is 11.4. The second kappa shape index (κ2) is 10.8. The van der Waals surface area contributed by atoms with Crippen molar-refractivity contribution in [2.75, 3.05) is 26.6 Å². The van der Waals surface area contributed by atoms with E-state index in [2.05, 4.69) is 10.6 Å². The number of nitrogens with zero attached hydrogens (tertiary/aromatic N) is 2. The summed E-state index contributed by atoms with van der Waals surface area (Å²) in [5.41, 5.74) is 0.581. The fraction of sp³-hybridized carbons (Fsp3) is 0.185. The maximum Gasteiger partial charge on any atom is 0.336 e. The number of para-hydroxylation sites is 1. The molecule has 0 aliphatic rings. The summed E-state index contributed by atoms with van der Waals surface area (Å²) in [5, 5.41) is 5.59. The molecule has 1 aromatic heterocycles. The van der Waals surface area contributed by atoms with Crippen LogP contribution in [0.2, 0.25) is 0 Å². The van der Waals surface area contributed by atoms with E-state index in [0.29, 0.717) is 28.4 Å². The maximum atomic E-state index is 13.6. The first kappa shape index (κ1) is 25.2. The van der Waals surface area contributed by atoms with Gasteiger partial charge in [-0.3, -0.25) is 19.0 Å². The molecule has 0 bridgehead atoms. The van der Waals surface area contributed by atoms with Gasteiger partial charge in [0.2, 0.25) is 11.8 Å². The number of hydrogen-bond donors (Lipinski definition) is 2. The van der Waals surface area contributed by atoms with Crippen LogP contribution in [0.4, 0.5) is 5.69 Å². The van der Waals surface area contributed by atoms with E-state index >= 15 is 0 Å². The molecule has 1 heterocycles. The number of carbonyl (C=O) groups is 2. The highest BCUT2D eigenvalue weighted by atomic mass is 16.5. The SMILES string of the molecule is CNC(=O)Cc1ccc(-n2c(=O)c3ccccc3n(CC(=O)Nc3cc(OC)ccc3OC)c2=O)cc1. The average molecular weight is 503 g/mol. The number of aromatic nitrogens is 2. The van der Waals surface area contributed by atoms with Gasteiger partial charge in [-0.05, 0) is 42.0 Å². The molecule has 0 aliphatic carbocycles. The van der Waals surface area contributed by atoms with Crippen molar-refractivity contribution in [1.82, 2.24) is 14.5 Å². The minimum Gasteiger partial charge on any atom is -0.497 e. The van der Waals surface area contributed by atoms with Gasteiger partial charge in [-0.1, -0.05) is 24.3 Å². The largest absolute Gasteiger partial charge is 0.497 e. The summed E-state index contributed by atoms with van der Waals surface area (Å²) in [5.74, 6) is 0.293. The monoisotopic (exact) mass is 502 g/mol. The number of carbonyl (C=O) groups excluding carboxylic acids is 2. The van der Waals surface area contributed by atoms with E-state index in [-0.39, 0.29) is 24.3 Å². The summed E-state index contributed by atoms with van der Waals surface area (Å²) in [6.07, 6.45) is 0.168. The minimum atomic E-state index is -0.671. The molecule has 10 heteroatoms. The molecule has 4 aromatic rings. The van der Waals surface area contributed by atoms with Gasteiger partial charge in [0.05, 0.1) is 42.9 Å². The molecule has 0 radical (unpaired) electrons. The van der Waals surface area contributed by atoms with Crippen LogP contribution in [0, 0.1) is 0 Å². The lowest BCUT2D eigenvalue weighted by molar-refractivity contribution is -0.120. The maximum absolute atomic E-state index is 13.6. The molecule has 0 saturated carbocycles. The van der Waals surface area contributed by atoms with Crippen LogP contribution in [0.25, 0.3) is 16.6 Å². The number of rotatable bonds is 8. The van der Waals surface area contributed by atoms with Crippen molar-refractivity contribution in [2.24, 2.45) is 0 Å². The number of ether oxygens (including phenoxy) is 2. The normalized spacial score (nSPS) is 10.7. The molecule has 2 N–H and O–H groups in total. The van der Waals surface area contributed by atoms with Gasteiger partial charge >= 0.3 is 5.69 Å². The molecular formula is C27H26N4O6. The summed E-state index contributed by atoms with van der Waals surface area (Å²) in [6, 6.07) is 18.1. The van der Waals surface area contributed by atoms with Gasteiger partial charge in [-0.2, -0.15) is 0 Å². The van der Waals surface area contributed by atoms with Crippen LogP contribution in [-0.4, -0.2) is 42.2 Å². The van der Waals surface area contributed by atoms with Gasteiger partial charge in [0.1, 0.15) is 18.0 Å². The van der Waals surface area contributed by atoms with Gasteiger partial charge in [0.25, 0.3) is 5.56 Å². The van der Waals surface area contributed by atoms with Crippen molar-refractivity contribution in [2.45, 2.75) is 13.0 Å². The Balaban J connectivity index is 1.75. The zero-order valence-corrected chi connectivity index (χ0v) is 20.6. The fourth-order valence-corrected chi connectivity index (χ4v) is 3.98. The standard InChI is InChI=1S/C27H26N4O6/c1-28-24(32)14-17-8-10-18(11-9-17)31-26(34)20-6-4-5-7-22(20)30(27(31)35)16-25(33)29-21-15-19(36-2)12-13-23(21)37-3/h4-13,15H,14,16H2,1-3H3,(H,28,32)(H,29,33). The van der Waals surface area contributed by atoms with Crippen LogP contribution in [0.3, 0.4) is 0 Å². The quantitative estimate of drug-likeness (QED) is 0.381. The lowest BCUT2D eigenvalue weighted by Gasteiger charge is -2.15. The first-order valence-electron chi connectivity index (χ1n) is 11.4. The summed E-state index contributed by atoms with van der Waals surface area (Å²) < 4.78 is 12.8. The van der Waals surface area contributed by atoms with E-state index in [1.54, 1.807) is 73.8 Å². The van der Waals surface area contributed by atoms with E-state index in [9.17, 15) is 19.2 Å². The second-order valence-electron chi connectivity index (χ2n) is 8.16. The minimum absolute atomic E-state index is 0.156. The highest BCUT2D eigenvalue weighted by Gasteiger charge is 2.18. The molecule has 10 nitrogen and oxygen atoms in total. The molecule has 190 valence electrons. The Hall–Kier alpha value is -4.86. The third-order valence-corrected chi connectivity index (χ3v) is 5.87. The number of amides is 2. The lowest BCUT2D eigenvalue weighted by Crippen LogP contribution is -2.40. The molecule has 0 aliphatic heterocycles. The number of anilines is 1. The van der Waals surface area contributed by atoms with Crippen molar-refractivity contribution in [1.29, 1.82) is 0 Å². The number of hydrogen-bond acceptors (Lipinski definition) is 6. The summed E-state index contributed by atoms with van der Waals surface area (Å²) in [4.78, 5) is 51.6. The van der Waals surface area contributed by atoms with Gasteiger partial charge in [0, 0.05) is 13.1 Å². The topological polar surface area (TPSA) is 121 Å². The van der Waals surface area contributed by atoms with E-state index in [1.165, 1.54) is 18.8 Å². The lowest BCUT2D eigenvalue weighted by atomic mass is 10.1. The Morgan fingerprint density at radius 2 is 1.62 bits per heavy atom. The highest BCUT2D eigenvalue weighted by Crippen LogP contribution is 2.28. The van der Waals surface area contributed by atoms with E-state index in [1.807, 2.05) is 0 Å². The van der Waals surface area contributed by atoms with Gasteiger partial charge in [-0.25, -0.2) is 9.36 Å². The molecule has 0 unspecified atom stereocenters. The Kier molecular flexibility index (Phi) is 7.38. The second-order valence-corrected chi connectivity index (χ2v) is 8.16. The Bertz CT molecular complexity index is 1590. The number of fused-ring (bicyclic) bond motifs is 1. The predicted molar refractivity (Wildman–Crippen MR) is 140 cm³/mol. The molecule has 3 aromatic carbocycles. The predicted octanol–water partition coefficient (Wildman–Crippen LogP) is 2.10. The van der Waals surface area contributed by atoms with Crippen molar-refractivity contribution in [3.05, 3.63) is 93.1 Å². The number of methoxy groups -OCH3 is 2. The van der Waals surface area contributed by atoms with Crippen LogP contribution < -0.4 is 31.4 Å². The van der Waals surface area contributed by atoms with Crippen molar-refractivity contribution in [3.63, 3.8) is 0 Å². The summed E-state index contributed by atoms with van der Waals surface area (Å²) in [7, 11) is 4.53. The van der Waals surface area contributed by atoms with Crippen molar-refractivity contribution >= 4 is 28.4 Å². The van der Waals surface area contributed by atoms with Crippen molar-refractivity contribution in [3.8, 4) is 17.2 Å². The summed E-state index contributed by atoms with van der Waals surface area (Å²) in [6.45, 7) is -0.352. The third kappa shape index (κ3) is 5.22. The average Bonchev–Trinajstić information content (AvgIpc) is 2.92. The summed E-state index contributed by atoms with van der Waals surface area (Å²) >= 11 is 0. The molecule has 0 spiro atoms. The number of likely N-dealkylation sites (N-methyl/N-ethyl adjacent to an activating group) is 1. The molecule has 0 fully saturated rings. The molecule has 37 heavy (non-hydrogen) atoms. The van der Waals surface area contributed by atoms with Crippen LogP contribution in [-0.2, 0) is 22.6 Å². The van der Waals surface area contributed by atoms with Crippen LogP contribution in [0.1, 0.15) is 5.56 Å². The van der Waals surface area contributed by atoms with Crippen LogP contribution >= 0.6 is 0 Å². The Morgan fingerprint density at radius 3 is 2.30 bits per heavy atom. The van der Waals surface area contributed by atoms with Gasteiger partial charge in [-0.15, -0.1) is 0 Å². The zero-order chi connectivity index (χ0) is 26.5. The van der Waals surface area contributed by atoms with E-state index < -0.39 is 17.2 Å². The molecule has 2 amide bonds. The molecule has 0 atom stereocenters. The van der Waals surface area contributed by atoms with Crippen LogP contribution in [0.5, 0.6) is 11.5 Å². The highest BCUT2D eigenvalue weighted by molar-refractivity contribution is 5.93. The zero-order valence-electron chi connectivity index (χ0n) is 20.6.